The lowest BCUT2D eigenvalue weighted by Gasteiger charge is -2.37. The topological polar surface area (TPSA) is 49.5 Å². The van der Waals surface area contributed by atoms with Crippen LogP contribution in [-0.4, -0.2) is 24.3 Å². The quantitative estimate of drug-likeness (QED) is 0.911. The van der Waals surface area contributed by atoms with Gasteiger partial charge in [-0.25, -0.2) is 0 Å². The van der Waals surface area contributed by atoms with E-state index in [1.807, 2.05) is 0 Å². The highest BCUT2D eigenvalue weighted by molar-refractivity contribution is 5.96. The standard InChI is InChI=1S/C18H24N2O/c1-20(17-8-4-5-9-18(17)21)16-11-10-13(12-19)14-6-2-3-7-15(14)16/h2-3,6-7,10-11,17-18,21H,4-5,8-9,12,19H2,1H3. The molecule has 2 unspecified atom stereocenters. The lowest BCUT2D eigenvalue weighted by atomic mass is 9.90. The number of hydrogen-bond donors (Lipinski definition) is 2. The number of benzene rings is 2. The molecule has 0 aromatic heterocycles. The van der Waals surface area contributed by atoms with Crippen molar-refractivity contribution in [2.75, 3.05) is 11.9 Å². The third-order valence-corrected chi connectivity index (χ3v) is 4.78. The molecule has 2 aromatic rings. The van der Waals surface area contributed by atoms with Gasteiger partial charge in [-0.2, -0.15) is 0 Å². The molecule has 0 saturated heterocycles. The molecule has 3 nitrogen and oxygen atoms in total. The zero-order valence-corrected chi connectivity index (χ0v) is 12.6. The van der Waals surface area contributed by atoms with Crippen LogP contribution in [0.25, 0.3) is 10.8 Å². The molecule has 1 fully saturated rings. The second-order valence-corrected chi connectivity index (χ2v) is 6.02. The summed E-state index contributed by atoms with van der Waals surface area (Å²) in [6, 6.07) is 12.9. The monoisotopic (exact) mass is 284 g/mol. The number of aliphatic hydroxyl groups excluding tert-OH is 1. The Morgan fingerprint density at radius 1 is 1.10 bits per heavy atom. The van der Waals surface area contributed by atoms with Crippen molar-refractivity contribution in [1.29, 1.82) is 0 Å². The van der Waals surface area contributed by atoms with E-state index in [0.29, 0.717) is 6.54 Å². The van der Waals surface area contributed by atoms with Crippen molar-refractivity contribution in [3.05, 3.63) is 42.0 Å². The fourth-order valence-corrected chi connectivity index (χ4v) is 3.55. The molecule has 1 aliphatic carbocycles. The van der Waals surface area contributed by atoms with Crippen LogP contribution in [0.4, 0.5) is 5.69 Å². The molecule has 1 saturated carbocycles. The Morgan fingerprint density at radius 2 is 1.81 bits per heavy atom. The number of fused-ring (bicyclic) bond motifs is 1. The Bertz CT molecular complexity index is 626. The average molecular weight is 284 g/mol. The van der Waals surface area contributed by atoms with Crippen molar-refractivity contribution >= 4 is 16.5 Å². The first-order chi connectivity index (χ1) is 10.2. The minimum absolute atomic E-state index is 0.214. The SMILES string of the molecule is CN(c1ccc(CN)c2ccccc12)C1CCCCC1O. The van der Waals surface area contributed by atoms with Crippen LogP contribution in [0.2, 0.25) is 0 Å². The second kappa shape index (κ2) is 6.04. The number of nitrogens with two attached hydrogens (primary N) is 1. The van der Waals surface area contributed by atoms with Gasteiger partial charge in [0.25, 0.3) is 0 Å². The van der Waals surface area contributed by atoms with Crippen molar-refractivity contribution in [2.45, 2.75) is 44.4 Å². The first-order valence-electron chi connectivity index (χ1n) is 7.84. The molecule has 21 heavy (non-hydrogen) atoms. The van der Waals surface area contributed by atoms with Crippen LogP contribution in [-0.2, 0) is 6.54 Å². The summed E-state index contributed by atoms with van der Waals surface area (Å²) in [5.74, 6) is 0. The Morgan fingerprint density at radius 3 is 2.52 bits per heavy atom. The summed E-state index contributed by atoms with van der Waals surface area (Å²) in [4.78, 5) is 2.26. The Kier molecular flexibility index (Phi) is 4.13. The van der Waals surface area contributed by atoms with E-state index in [0.717, 1.165) is 19.3 Å². The normalized spacial score (nSPS) is 22.4. The molecule has 3 heteroatoms. The van der Waals surface area contributed by atoms with Crippen LogP contribution in [0.15, 0.2) is 36.4 Å². The van der Waals surface area contributed by atoms with Crippen LogP contribution >= 0.6 is 0 Å². The van der Waals surface area contributed by atoms with Crippen molar-refractivity contribution < 1.29 is 5.11 Å². The molecular formula is C18H24N2O. The first-order valence-corrected chi connectivity index (χ1v) is 7.84. The van der Waals surface area contributed by atoms with E-state index in [9.17, 15) is 5.11 Å². The third-order valence-electron chi connectivity index (χ3n) is 4.78. The fraction of sp³-hybridized carbons (Fsp3) is 0.444. The minimum atomic E-state index is -0.225. The van der Waals surface area contributed by atoms with E-state index in [-0.39, 0.29) is 12.1 Å². The van der Waals surface area contributed by atoms with Gasteiger partial charge in [0, 0.05) is 24.7 Å². The number of likely N-dealkylation sites (N-methyl/N-ethyl adjacent to an activating group) is 1. The highest BCUT2D eigenvalue weighted by Crippen LogP contribution is 2.33. The zero-order valence-electron chi connectivity index (χ0n) is 12.6. The summed E-state index contributed by atoms with van der Waals surface area (Å²) < 4.78 is 0. The maximum absolute atomic E-state index is 10.3. The number of hydrogen-bond acceptors (Lipinski definition) is 3. The number of aliphatic hydroxyl groups is 1. The summed E-state index contributed by atoms with van der Waals surface area (Å²) in [6.45, 7) is 0.552. The van der Waals surface area contributed by atoms with Crippen LogP contribution in [0, 0.1) is 0 Å². The lowest BCUT2D eigenvalue weighted by Crippen LogP contribution is -2.43. The van der Waals surface area contributed by atoms with E-state index in [2.05, 4.69) is 48.3 Å². The molecule has 0 radical (unpaired) electrons. The molecule has 0 bridgehead atoms. The first kappa shape index (κ1) is 14.4. The predicted octanol–water partition coefficient (Wildman–Crippen LogP) is 3.04. The molecule has 3 N–H and O–H groups in total. The number of nitrogens with zero attached hydrogens (tertiary/aromatic N) is 1. The zero-order chi connectivity index (χ0) is 14.8. The smallest absolute Gasteiger partial charge is 0.0743 e. The Hall–Kier alpha value is -1.58. The predicted molar refractivity (Wildman–Crippen MR) is 88.5 cm³/mol. The van der Waals surface area contributed by atoms with Gasteiger partial charge in [-0.1, -0.05) is 43.2 Å². The van der Waals surface area contributed by atoms with Gasteiger partial charge < -0.3 is 15.7 Å². The Labute approximate surface area is 126 Å². The van der Waals surface area contributed by atoms with Crippen LogP contribution in [0.5, 0.6) is 0 Å². The Balaban J connectivity index is 2.04. The summed E-state index contributed by atoms with van der Waals surface area (Å²) >= 11 is 0. The molecule has 2 atom stereocenters. The highest BCUT2D eigenvalue weighted by Gasteiger charge is 2.27. The van der Waals surface area contributed by atoms with Gasteiger partial charge in [-0.3, -0.25) is 0 Å². The van der Waals surface area contributed by atoms with E-state index in [4.69, 9.17) is 5.73 Å². The number of anilines is 1. The van der Waals surface area contributed by atoms with E-state index >= 15 is 0 Å². The van der Waals surface area contributed by atoms with Gasteiger partial charge in [-0.05, 0) is 29.9 Å². The van der Waals surface area contributed by atoms with Gasteiger partial charge in [0.1, 0.15) is 0 Å². The van der Waals surface area contributed by atoms with Crippen LogP contribution in [0.1, 0.15) is 31.2 Å². The average Bonchev–Trinajstić information content (AvgIpc) is 2.53. The second-order valence-electron chi connectivity index (χ2n) is 6.02. The largest absolute Gasteiger partial charge is 0.391 e. The van der Waals surface area contributed by atoms with Crippen molar-refractivity contribution in [3.8, 4) is 0 Å². The minimum Gasteiger partial charge on any atom is -0.391 e. The van der Waals surface area contributed by atoms with E-state index in [1.165, 1.54) is 28.4 Å². The molecule has 0 amide bonds. The van der Waals surface area contributed by atoms with Gasteiger partial charge in [0.05, 0.1) is 12.1 Å². The lowest BCUT2D eigenvalue weighted by molar-refractivity contribution is 0.106. The van der Waals surface area contributed by atoms with Gasteiger partial charge >= 0.3 is 0 Å². The van der Waals surface area contributed by atoms with Crippen molar-refractivity contribution in [1.82, 2.24) is 0 Å². The molecule has 112 valence electrons. The molecule has 0 aliphatic heterocycles. The molecule has 1 aliphatic rings. The summed E-state index contributed by atoms with van der Waals surface area (Å²) in [5.41, 5.74) is 8.22. The van der Waals surface area contributed by atoms with E-state index < -0.39 is 0 Å². The van der Waals surface area contributed by atoms with Crippen LogP contribution < -0.4 is 10.6 Å². The maximum atomic E-state index is 10.3. The van der Waals surface area contributed by atoms with Gasteiger partial charge in [0.2, 0.25) is 0 Å². The van der Waals surface area contributed by atoms with Crippen molar-refractivity contribution in [2.24, 2.45) is 5.73 Å². The molecule has 0 spiro atoms. The van der Waals surface area contributed by atoms with Gasteiger partial charge in [-0.15, -0.1) is 0 Å². The maximum Gasteiger partial charge on any atom is 0.0743 e. The van der Waals surface area contributed by atoms with Crippen LogP contribution in [0.3, 0.4) is 0 Å². The third kappa shape index (κ3) is 2.63. The summed E-state index contributed by atoms with van der Waals surface area (Å²) in [5, 5.41) is 12.8. The molecule has 3 rings (SSSR count). The van der Waals surface area contributed by atoms with E-state index in [1.54, 1.807) is 0 Å². The molecular weight excluding hydrogens is 260 g/mol. The fourth-order valence-electron chi connectivity index (χ4n) is 3.55. The number of rotatable bonds is 3. The highest BCUT2D eigenvalue weighted by atomic mass is 16.3. The summed E-state index contributed by atoms with van der Waals surface area (Å²) in [7, 11) is 2.10. The van der Waals surface area contributed by atoms with Gasteiger partial charge in [0.15, 0.2) is 0 Å². The summed E-state index contributed by atoms with van der Waals surface area (Å²) in [6.07, 6.45) is 4.08. The van der Waals surface area contributed by atoms with Crippen molar-refractivity contribution in [3.63, 3.8) is 0 Å². The molecule has 2 aromatic carbocycles. The molecule has 0 heterocycles.